The van der Waals surface area contributed by atoms with E-state index in [9.17, 15) is 0 Å². The van der Waals surface area contributed by atoms with Crippen molar-refractivity contribution in [1.82, 2.24) is 19.6 Å². The monoisotopic (exact) mass is 748 g/mol. The Morgan fingerprint density at radius 1 is 0.442 bits per heavy atom. The van der Waals surface area contributed by atoms with E-state index in [2.05, 4.69) is 105 Å². The van der Waals surface area contributed by atoms with Crippen LogP contribution in [0.3, 0.4) is 0 Å². The molecule has 2 aliphatic heterocycles. The van der Waals surface area contributed by atoms with Crippen LogP contribution in [0.2, 0.25) is 10.0 Å². The molecule has 10 heteroatoms. The molecule has 0 amide bonds. The van der Waals surface area contributed by atoms with Gasteiger partial charge >= 0.3 is 0 Å². The fraction of sp³-hybridized carbons (Fsp3) is 0.429. The van der Waals surface area contributed by atoms with Gasteiger partial charge in [-0.2, -0.15) is 0 Å². The van der Waals surface area contributed by atoms with Gasteiger partial charge < -0.3 is 19.7 Å². The van der Waals surface area contributed by atoms with Gasteiger partial charge in [-0.15, -0.1) is 0 Å². The largest absolute Gasteiger partial charge is 0.394 e. The molecule has 2 heterocycles. The fourth-order valence-electron chi connectivity index (χ4n) is 7.00. The molecule has 0 aromatic heterocycles. The lowest BCUT2D eigenvalue weighted by Crippen LogP contribution is -2.48. The summed E-state index contributed by atoms with van der Waals surface area (Å²) in [5, 5.41) is 19.1. The number of ether oxygens (including phenoxy) is 2. The number of piperazine rings is 2. The minimum Gasteiger partial charge on any atom is -0.394 e. The van der Waals surface area contributed by atoms with E-state index < -0.39 is 0 Å². The molecule has 0 spiro atoms. The summed E-state index contributed by atoms with van der Waals surface area (Å²) in [5.41, 5.74) is 5.18. The third kappa shape index (κ3) is 12.6. The number of hydrogen-bond donors (Lipinski definition) is 2. The molecule has 8 nitrogen and oxygen atoms in total. The van der Waals surface area contributed by atoms with Gasteiger partial charge in [-0.3, -0.25) is 19.6 Å². The van der Waals surface area contributed by atoms with E-state index in [1.54, 1.807) is 0 Å². The normalized spacial score (nSPS) is 17.3. The van der Waals surface area contributed by atoms with Crippen LogP contribution in [-0.2, 0) is 9.47 Å². The van der Waals surface area contributed by atoms with Crippen molar-refractivity contribution in [2.24, 2.45) is 0 Å². The molecule has 0 radical (unpaired) electrons. The first-order valence-corrected chi connectivity index (χ1v) is 19.2. The van der Waals surface area contributed by atoms with Crippen LogP contribution in [-0.4, -0.2) is 135 Å². The van der Waals surface area contributed by atoms with Crippen molar-refractivity contribution in [3.05, 3.63) is 141 Å². The second-order valence-electron chi connectivity index (χ2n) is 13.2. The van der Waals surface area contributed by atoms with E-state index in [1.807, 2.05) is 24.3 Å². The summed E-state index contributed by atoms with van der Waals surface area (Å²) >= 11 is 12.2. The zero-order valence-corrected chi connectivity index (χ0v) is 31.6. The molecule has 52 heavy (non-hydrogen) atoms. The molecule has 0 saturated carbocycles. The predicted molar refractivity (Wildman–Crippen MR) is 211 cm³/mol. The molecule has 280 valence electrons. The lowest BCUT2D eigenvalue weighted by Gasteiger charge is -2.39. The van der Waals surface area contributed by atoms with Crippen molar-refractivity contribution in [3.63, 3.8) is 0 Å². The highest BCUT2D eigenvalue weighted by Crippen LogP contribution is 2.32. The molecule has 2 fully saturated rings. The predicted octanol–water partition coefficient (Wildman–Crippen LogP) is 6.11. The molecule has 2 saturated heterocycles. The zero-order valence-electron chi connectivity index (χ0n) is 30.1. The molecule has 2 unspecified atom stereocenters. The molecule has 0 bridgehead atoms. The molecular formula is C42H54Cl2N4O4. The Labute approximate surface area is 320 Å². The summed E-state index contributed by atoms with van der Waals surface area (Å²) in [6.45, 7) is 12.4. The van der Waals surface area contributed by atoms with E-state index >= 15 is 0 Å². The first kappa shape index (κ1) is 40.3. The van der Waals surface area contributed by atoms with Gasteiger partial charge in [0.25, 0.3) is 0 Å². The molecule has 6 rings (SSSR count). The van der Waals surface area contributed by atoms with Gasteiger partial charge in [0.2, 0.25) is 0 Å². The quantitative estimate of drug-likeness (QED) is 0.133. The van der Waals surface area contributed by atoms with Gasteiger partial charge in [0.1, 0.15) is 0 Å². The summed E-state index contributed by atoms with van der Waals surface area (Å²) in [6.07, 6.45) is 0. The number of halogens is 2. The van der Waals surface area contributed by atoms with Crippen LogP contribution >= 0.6 is 23.2 Å². The molecule has 2 atom stereocenters. The molecular weight excluding hydrogens is 695 g/mol. The van der Waals surface area contributed by atoms with Crippen molar-refractivity contribution in [3.8, 4) is 0 Å². The minimum atomic E-state index is 0.0909. The third-order valence-corrected chi connectivity index (χ3v) is 10.2. The Morgan fingerprint density at radius 3 is 1.10 bits per heavy atom. The first-order valence-electron chi connectivity index (χ1n) is 18.5. The van der Waals surface area contributed by atoms with Gasteiger partial charge in [-0.1, -0.05) is 108 Å². The number of nitrogens with zero attached hydrogens (tertiary/aromatic N) is 4. The number of aliphatic hydroxyl groups excluding tert-OH is 2. The maximum Gasteiger partial charge on any atom is 0.0698 e. The van der Waals surface area contributed by atoms with Crippen molar-refractivity contribution < 1.29 is 19.7 Å². The summed E-state index contributed by atoms with van der Waals surface area (Å²) < 4.78 is 10.8. The number of rotatable bonds is 16. The van der Waals surface area contributed by atoms with Crippen LogP contribution in [0.5, 0.6) is 0 Å². The SMILES string of the molecule is OCCOCCN1CCN(C(c2ccccc2)c2ccc(Cl)cc2)CC1.OCCOCCN1CCN(C(c2ccccc2)c2ccc(Cl)cc2)CC1. The highest BCUT2D eigenvalue weighted by atomic mass is 35.5. The summed E-state index contributed by atoms with van der Waals surface area (Å²) in [6, 6.07) is 38.3. The van der Waals surface area contributed by atoms with E-state index in [4.69, 9.17) is 42.9 Å². The van der Waals surface area contributed by atoms with E-state index in [0.29, 0.717) is 26.4 Å². The van der Waals surface area contributed by atoms with Crippen molar-refractivity contribution in [1.29, 1.82) is 0 Å². The second kappa shape index (κ2) is 22.4. The highest BCUT2D eigenvalue weighted by molar-refractivity contribution is 6.30. The summed E-state index contributed by atoms with van der Waals surface area (Å²) in [5.74, 6) is 0. The molecule has 4 aromatic carbocycles. The van der Waals surface area contributed by atoms with Crippen LogP contribution in [0.25, 0.3) is 0 Å². The Kier molecular flexibility index (Phi) is 17.4. The summed E-state index contributed by atoms with van der Waals surface area (Å²) in [4.78, 5) is 9.95. The second-order valence-corrected chi connectivity index (χ2v) is 14.0. The average Bonchev–Trinajstić information content (AvgIpc) is 3.19. The Morgan fingerprint density at radius 2 is 0.769 bits per heavy atom. The van der Waals surface area contributed by atoms with Gasteiger partial charge in [-0.05, 0) is 46.5 Å². The standard InChI is InChI=1S/2C21H27ClN2O2/c2*22-20-8-6-19(7-9-20)21(18-4-2-1-3-5-18)24-12-10-23(11-13-24)14-16-26-17-15-25/h2*1-9,21,25H,10-17H2. The van der Waals surface area contributed by atoms with Crippen molar-refractivity contribution in [2.75, 3.05) is 105 Å². The summed E-state index contributed by atoms with van der Waals surface area (Å²) in [7, 11) is 0. The molecule has 2 N–H and O–H groups in total. The number of hydrogen-bond acceptors (Lipinski definition) is 8. The zero-order chi connectivity index (χ0) is 36.4. The Balaban J connectivity index is 0.000000201. The first-order chi connectivity index (χ1) is 25.6. The van der Waals surface area contributed by atoms with Gasteiger partial charge in [0.15, 0.2) is 0 Å². The number of aliphatic hydroxyl groups is 2. The Hall–Kier alpha value is -2.86. The highest BCUT2D eigenvalue weighted by Gasteiger charge is 2.27. The molecule has 0 aliphatic carbocycles. The lowest BCUT2D eigenvalue weighted by molar-refractivity contribution is 0.0522. The van der Waals surface area contributed by atoms with Crippen LogP contribution in [0.4, 0.5) is 0 Å². The van der Waals surface area contributed by atoms with Crippen molar-refractivity contribution >= 4 is 23.2 Å². The van der Waals surface area contributed by atoms with Gasteiger partial charge in [0.05, 0.1) is 51.7 Å². The fourth-order valence-corrected chi connectivity index (χ4v) is 7.25. The van der Waals surface area contributed by atoms with E-state index in [0.717, 1.165) is 75.5 Å². The van der Waals surface area contributed by atoms with Crippen LogP contribution in [0.15, 0.2) is 109 Å². The molecule has 2 aliphatic rings. The Bertz CT molecular complexity index is 1400. The van der Waals surface area contributed by atoms with Crippen LogP contribution < -0.4 is 0 Å². The maximum absolute atomic E-state index is 8.78. The van der Waals surface area contributed by atoms with Crippen LogP contribution in [0, 0.1) is 0 Å². The van der Waals surface area contributed by atoms with E-state index in [-0.39, 0.29) is 25.3 Å². The third-order valence-electron chi connectivity index (χ3n) is 9.72. The lowest BCUT2D eigenvalue weighted by atomic mass is 9.96. The van der Waals surface area contributed by atoms with Gasteiger partial charge in [0, 0.05) is 75.5 Å². The minimum absolute atomic E-state index is 0.0909. The average molecular weight is 750 g/mol. The van der Waals surface area contributed by atoms with Gasteiger partial charge in [-0.25, -0.2) is 0 Å². The van der Waals surface area contributed by atoms with E-state index in [1.165, 1.54) is 22.3 Å². The molecule has 4 aromatic rings. The van der Waals surface area contributed by atoms with Crippen molar-refractivity contribution in [2.45, 2.75) is 12.1 Å². The smallest absolute Gasteiger partial charge is 0.0698 e. The number of benzene rings is 4. The topological polar surface area (TPSA) is 71.9 Å². The maximum atomic E-state index is 8.78. The van der Waals surface area contributed by atoms with Crippen LogP contribution in [0.1, 0.15) is 34.3 Å².